The first-order valence-corrected chi connectivity index (χ1v) is 5.85. The summed E-state index contributed by atoms with van der Waals surface area (Å²) >= 11 is 5.75. The van der Waals surface area contributed by atoms with Gasteiger partial charge in [0, 0.05) is 10.7 Å². The molecule has 0 aliphatic carbocycles. The lowest BCUT2D eigenvalue weighted by Gasteiger charge is -2.26. The molecule has 1 unspecified atom stereocenters. The molecule has 0 heterocycles. The molecule has 0 saturated heterocycles. The Kier molecular flexibility index (Phi) is 4.19. The van der Waals surface area contributed by atoms with Crippen LogP contribution in [0.15, 0.2) is 18.2 Å². The Labute approximate surface area is 110 Å². The molecule has 2 amide bonds. The quantitative estimate of drug-likeness (QED) is 0.719. The van der Waals surface area contributed by atoms with Crippen LogP contribution in [-0.2, 0) is 4.79 Å². The summed E-state index contributed by atoms with van der Waals surface area (Å²) in [7, 11) is 0. The monoisotopic (exact) mass is 269 g/mol. The van der Waals surface area contributed by atoms with Crippen LogP contribution in [-0.4, -0.2) is 17.4 Å². The minimum absolute atomic E-state index is 0.253. The number of hydrogen-bond acceptors (Lipinski definition) is 3. The Morgan fingerprint density at radius 3 is 2.50 bits per heavy atom. The normalized spacial score (nSPS) is 13.7. The number of carbonyl (C=O) groups excluding carboxylic acids is 2. The van der Waals surface area contributed by atoms with Gasteiger partial charge >= 0.3 is 0 Å². The summed E-state index contributed by atoms with van der Waals surface area (Å²) in [5, 5.41) is 3.02. The van der Waals surface area contributed by atoms with E-state index in [2.05, 4.69) is 5.32 Å². The van der Waals surface area contributed by atoms with Gasteiger partial charge in [-0.15, -0.1) is 0 Å². The van der Waals surface area contributed by atoms with Crippen molar-refractivity contribution >= 4 is 29.1 Å². The maximum absolute atomic E-state index is 12.0. The van der Waals surface area contributed by atoms with Crippen LogP contribution in [0.1, 0.15) is 30.6 Å². The van der Waals surface area contributed by atoms with E-state index in [9.17, 15) is 9.59 Å². The predicted molar refractivity (Wildman–Crippen MR) is 71.2 cm³/mol. The van der Waals surface area contributed by atoms with E-state index in [0.29, 0.717) is 11.4 Å². The first kappa shape index (κ1) is 14.3. The molecule has 0 bridgehead atoms. The number of nitrogens with one attached hydrogen (secondary N) is 1. The van der Waals surface area contributed by atoms with Crippen molar-refractivity contribution in [1.82, 2.24) is 5.32 Å². The Hall–Kier alpha value is -1.75. The number of nitrogens with two attached hydrogens (primary N) is 2. The van der Waals surface area contributed by atoms with Crippen LogP contribution in [0, 0.1) is 0 Å². The second-order valence-electron chi connectivity index (χ2n) is 4.24. The second kappa shape index (κ2) is 5.27. The van der Waals surface area contributed by atoms with Gasteiger partial charge in [-0.2, -0.15) is 0 Å². The van der Waals surface area contributed by atoms with Crippen molar-refractivity contribution in [3.8, 4) is 0 Å². The highest BCUT2D eigenvalue weighted by atomic mass is 35.5. The number of anilines is 1. The van der Waals surface area contributed by atoms with Crippen molar-refractivity contribution in [2.24, 2.45) is 5.73 Å². The lowest BCUT2D eigenvalue weighted by atomic mass is 9.97. The minimum atomic E-state index is -1.09. The van der Waals surface area contributed by atoms with Gasteiger partial charge in [0.2, 0.25) is 5.91 Å². The summed E-state index contributed by atoms with van der Waals surface area (Å²) in [6, 6.07) is 4.54. The topological polar surface area (TPSA) is 98.2 Å². The van der Waals surface area contributed by atoms with Gasteiger partial charge in [-0.1, -0.05) is 18.5 Å². The number of nitrogen functional groups attached to an aromatic ring is 1. The standard InChI is InChI=1S/C12H16ClN3O2/c1-3-12(2,11(15)18)16-10(17)8-5-4-7(13)6-9(8)14/h4-6H,3,14H2,1-2H3,(H2,15,18)(H,16,17). The van der Waals surface area contributed by atoms with E-state index in [0.717, 1.165) is 0 Å². The van der Waals surface area contributed by atoms with E-state index >= 15 is 0 Å². The summed E-state index contributed by atoms with van der Waals surface area (Å²) < 4.78 is 0. The maximum atomic E-state index is 12.0. The van der Waals surface area contributed by atoms with Gasteiger partial charge in [0.05, 0.1) is 5.56 Å². The van der Waals surface area contributed by atoms with Gasteiger partial charge in [-0.05, 0) is 31.5 Å². The van der Waals surface area contributed by atoms with Crippen molar-refractivity contribution in [3.63, 3.8) is 0 Å². The largest absolute Gasteiger partial charge is 0.398 e. The highest BCUT2D eigenvalue weighted by molar-refractivity contribution is 6.31. The summed E-state index contributed by atoms with van der Waals surface area (Å²) in [5.74, 6) is -1.04. The fourth-order valence-electron chi connectivity index (χ4n) is 1.38. The molecule has 5 nitrogen and oxygen atoms in total. The van der Waals surface area contributed by atoms with Gasteiger partial charge in [-0.3, -0.25) is 9.59 Å². The molecule has 1 rings (SSSR count). The van der Waals surface area contributed by atoms with Crippen molar-refractivity contribution in [2.75, 3.05) is 5.73 Å². The average molecular weight is 270 g/mol. The van der Waals surface area contributed by atoms with Gasteiger partial charge in [0.1, 0.15) is 5.54 Å². The van der Waals surface area contributed by atoms with Crippen LogP contribution in [0.3, 0.4) is 0 Å². The zero-order chi connectivity index (χ0) is 13.9. The van der Waals surface area contributed by atoms with Gasteiger partial charge < -0.3 is 16.8 Å². The van der Waals surface area contributed by atoms with Crippen LogP contribution in [0.2, 0.25) is 5.02 Å². The summed E-state index contributed by atoms with van der Waals surface area (Å²) in [4.78, 5) is 23.3. The van der Waals surface area contributed by atoms with E-state index in [1.165, 1.54) is 12.1 Å². The molecule has 0 spiro atoms. The number of hydrogen-bond donors (Lipinski definition) is 3. The molecular weight excluding hydrogens is 254 g/mol. The Balaban J connectivity index is 2.98. The first-order valence-electron chi connectivity index (χ1n) is 5.47. The Morgan fingerprint density at radius 1 is 1.44 bits per heavy atom. The van der Waals surface area contributed by atoms with Crippen LogP contribution in [0.5, 0.6) is 0 Å². The van der Waals surface area contributed by atoms with Crippen LogP contribution < -0.4 is 16.8 Å². The van der Waals surface area contributed by atoms with E-state index in [4.69, 9.17) is 23.1 Å². The lowest BCUT2D eigenvalue weighted by molar-refractivity contribution is -0.123. The molecule has 98 valence electrons. The smallest absolute Gasteiger partial charge is 0.254 e. The van der Waals surface area contributed by atoms with Gasteiger partial charge in [0.15, 0.2) is 0 Å². The predicted octanol–water partition coefficient (Wildman–Crippen LogP) is 1.31. The molecule has 1 atom stereocenters. The van der Waals surface area contributed by atoms with Gasteiger partial charge in [0.25, 0.3) is 5.91 Å². The zero-order valence-electron chi connectivity index (χ0n) is 10.3. The highest BCUT2D eigenvalue weighted by Crippen LogP contribution is 2.19. The number of halogens is 1. The number of primary amides is 1. The lowest BCUT2D eigenvalue weighted by Crippen LogP contribution is -2.54. The molecule has 18 heavy (non-hydrogen) atoms. The molecule has 0 aliphatic heterocycles. The van der Waals surface area contributed by atoms with Crippen molar-refractivity contribution < 1.29 is 9.59 Å². The minimum Gasteiger partial charge on any atom is -0.398 e. The van der Waals surface area contributed by atoms with Crippen LogP contribution in [0.25, 0.3) is 0 Å². The molecule has 6 heteroatoms. The molecule has 0 aromatic heterocycles. The van der Waals surface area contributed by atoms with Crippen molar-refractivity contribution in [1.29, 1.82) is 0 Å². The van der Waals surface area contributed by atoms with Crippen LogP contribution >= 0.6 is 11.6 Å². The molecule has 0 saturated carbocycles. The molecule has 0 aliphatic rings. The second-order valence-corrected chi connectivity index (χ2v) is 4.67. The third-order valence-electron chi connectivity index (χ3n) is 2.90. The fraction of sp³-hybridized carbons (Fsp3) is 0.333. The molecule has 0 fully saturated rings. The van der Waals surface area contributed by atoms with Gasteiger partial charge in [-0.25, -0.2) is 0 Å². The van der Waals surface area contributed by atoms with Crippen molar-refractivity contribution in [2.45, 2.75) is 25.8 Å². The Morgan fingerprint density at radius 2 is 2.06 bits per heavy atom. The number of amides is 2. The van der Waals surface area contributed by atoms with Crippen molar-refractivity contribution in [3.05, 3.63) is 28.8 Å². The summed E-state index contributed by atoms with van der Waals surface area (Å²) in [6.45, 7) is 3.33. The number of rotatable bonds is 4. The van der Waals surface area contributed by atoms with Crippen LogP contribution in [0.4, 0.5) is 5.69 Å². The third kappa shape index (κ3) is 2.92. The van der Waals surface area contributed by atoms with E-state index < -0.39 is 17.4 Å². The average Bonchev–Trinajstić information content (AvgIpc) is 2.28. The molecule has 1 aromatic carbocycles. The number of carbonyl (C=O) groups is 2. The van der Waals surface area contributed by atoms with E-state index in [-0.39, 0.29) is 11.3 Å². The van der Waals surface area contributed by atoms with E-state index in [1.54, 1.807) is 19.9 Å². The SMILES string of the molecule is CCC(C)(NC(=O)c1ccc(Cl)cc1N)C(N)=O. The zero-order valence-corrected chi connectivity index (χ0v) is 11.0. The molecular formula is C12H16ClN3O2. The maximum Gasteiger partial charge on any atom is 0.254 e. The Bertz CT molecular complexity index is 490. The van der Waals surface area contributed by atoms with E-state index in [1.807, 2.05) is 0 Å². The number of benzene rings is 1. The fourth-order valence-corrected chi connectivity index (χ4v) is 1.56. The summed E-state index contributed by atoms with van der Waals surface area (Å²) in [6.07, 6.45) is 0.390. The summed E-state index contributed by atoms with van der Waals surface area (Å²) in [5.41, 5.74) is 10.4. The first-order chi connectivity index (χ1) is 8.30. The molecule has 5 N–H and O–H groups in total. The highest BCUT2D eigenvalue weighted by Gasteiger charge is 2.31. The molecule has 1 aromatic rings. The third-order valence-corrected chi connectivity index (χ3v) is 3.13. The molecule has 0 radical (unpaired) electrons.